The summed E-state index contributed by atoms with van der Waals surface area (Å²) in [5.41, 5.74) is 0.412. The fourth-order valence-corrected chi connectivity index (χ4v) is 4.33. The Labute approximate surface area is 172 Å². The molecule has 2 atom stereocenters. The molecule has 29 heavy (non-hydrogen) atoms. The first kappa shape index (κ1) is 21.3. The molecular weight excluding hydrogens is 368 g/mol. The summed E-state index contributed by atoms with van der Waals surface area (Å²) in [7, 11) is 3.61. The van der Waals surface area contributed by atoms with Crippen molar-refractivity contribution in [3.63, 3.8) is 0 Å². The van der Waals surface area contributed by atoms with Crippen LogP contribution in [0.3, 0.4) is 0 Å². The molecule has 0 saturated heterocycles. The van der Waals surface area contributed by atoms with Gasteiger partial charge in [-0.1, -0.05) is 12.8 Å². The second-order valence-electron chi connectivity index (χ2n) is 8.51. The van der Waals surface area contributed by atoms with Gasteiger partial charge in [-0.15, -0.1) is 0 Å². The van der Waals surface area contributed by atoms with Gasteiger partial charge in [0.15, 0.2) is 0 Å². The SMILES string of the molecule is CN(C)C(=O)C1CCC(Nc2ncc(C#N)c(N[C@@H]3CCCC[C@H](O)C3)n2)CC1. The van der Waals surface area contributed by atoms with E-state index in [1.165, 1.54) is 0 Å². The maximum absolute atomic E-state index is 12.1. The van der Waals surface area contributed by atoms with Crippen molar-refractivity contribution in [2.24, 2.45) is 5.92 Å². The number of nitrogens with one attached hydrogen (secondary N) is 2. The lowest BCUT2D eigenvalue weighted by Gasteiger charge is -2.30. The van der Waals surface area contributed by atoms with Crippen molar-refractivity contribution >= 4 is 17.7 Å². The van der Waals surface area contributed by atoms with E-state index in [2.05, 4.69) is 26.7 Å². The summed E-state index contributed by atoms with van der Waals surface area (Å²) < 4.78 is 0. The predicted molar refractivity (Wildman–Crippen MR) is 111 cm³/mol. The number of aliphatic hydroxyl groups excluding tert-OH is 1. The molecule has 8 nitrogen and oxygen atoms in total. The number of rotatable bonds is 5. The number of nitrogens with zero attached hydrogens (tertiary/aromatic N) is 4. The molecule has 2 saturated carbocycles. The number of carbonyl (C=O) groups excluding carboxylic acids is 1. The molecule has 1 heterocycles. The highest BCUT2D eigenvalue weighted by molar-refractivity contribution is 5.78. The van der Waals surface area contributed by atoms with Gasteiger partial charge in [0.2, 0.25) is 11.9 Å². The van der Waals surface area contributed by atoms with Crippen molar-refractivity contribution in [2.75, 3.05) is 24.7 Å². The van der Waals surface area contributed by atoms with Crippen LogP contribution < -0.4 is 10.6 Å². The molecule has 0 aliphatic heterocycles. The monoisotopic (exact) mass is 400 g/mol. The average Bonchev–Trinajstić information content (AvgIpc) is 2.92. The molecule has 1 aromatic heterocycles. The standard InChI is InChI=1S/C21H32N6O2/c1-27(2)20(29)14-7-9-16(10-8-14)25-21-23-13-15(12-22)19(26-21)24-17-5-3-4-6-18(28)11-17/h13-14,16-18,28H,3-11H2,1-2H3,(H2,23,24,25,26)/t14?,16?,17-,18+/m1/s1. The maximum atomic E-state index is 12.1. The van der Waals surface area contributed by atoms with Crippen LogP contribution in [0, 0.1) is 17.2 Å². The van der Waals surface area contributed by atoms with Crippen molar-refractivity contribution in [3.8, 4) is 6.07 Å². The summed E-state index contributed by atoms with van der Waals surface area (Å²) >= 11 is 0. The largest absolute Gasteiger partial charge is 0.393 e. The molecule has 0 unspecified atom stereocenters. The molecular formula is C21H32N6O2. The number of anilines is 2. The van der Waals surface area contributed by atoms with Gasteiger partial charge in [-0.3, -0.25) is 4.79 Å². The third-order valence-corrected chi connectivity index (χ3v) is 6.00. The van der Waals surface area contributed by atoms with Crippen LogP contribution in [0.5, 0.6) is 0 Å². The summed E-state index contributed by atoms with van der Waals surface area (Å²) in [5.74, 6) is 1.34. The van der Waals surface area contributed by atoms with Crippen LogP contribution in [-0.2, 0) is 4.79 Å². The zero-order chi connectivity index (χ0) is 20.8. The highest BCUT2D eigenvalue weighted by Gasteiger charge is 2.28. The smallest absolute Gasteiger partial charge is 0.225 e. The van der Waals surface area contributed by atoms with Gasteiger partial charge in [-0.2, -0.15) is 10.2 Å². The molecule has 158 valence electrons. The van der Waals surface area contributed by atoms with Gasteiger partial charge in [0.25, 0.3) is 0 Å². The topological polar surface area (TPSA) is 114 Å². The van der Waals surface area contributed by atoms with E-state index < -0.39 is 0 Å². The quantitative estimate of drug-likeness (QED) is 0.651. The summed E-state index contributed by atoms with van der Waals surface area (Å²) in [5, 5.41) is 26.2. The molecule has 3 rings (SSSR count). The van der Waals surface area contributed by atoms with Crippen molar-refractivity contribution in [3.05, 3.63) is 11.8 Å². The molecule has 8 heteroatoms. The van der Waals surface area contributed by atoms with Gasteiger partial charge < -0.3 is 20.6 Å². The van der Waals surface area contributed by atoms with Crippen LogP contribution in [0.4, 0.5) is 11.8 Å². The third kappa shape index (κ3) is 5.80. The highest BCUT2D eigenvalue weighted by Crippen LogP contribution is 2.28. The second-order valence-corrected chi connectivity index (χ2v) is 8.51. The lowest BCUT2D eigenvalue weighted by atomic mass is 9.85. The van der Waals surface area contributed by atoms with Crippen LogP contribution in [0.2, 0.25) is 0 Å². The second kappa shape index (κ2) is 9.88. The number of aromatic nitrogens is 2. The molecule has 3 N–H and O–H groups in total. The van der Waals surface area contributed by atoms with Crippen molar-refractivity contribution in [1.29, 1.82) is 5.26 Å². The van der Waals surface area contributed by atoms with Gasteiger partial charge in [0.1, 0.15) is 17.5 Å². The number of amides is 1. The van der Waals surface area contributed by atoms with Gasteiger partial charge >= 0.3 is 0 Å². The highest BCUT2D eigenvalue weighted by atomic mass is 16.3. The van der Waals surface area contributed by atoms with E-state index in [9.17, 15) is 15.2 Å². The van der Waals surface area contributed by atoms with E-state index in [1.54, 1.807) is 25.2 Å². The zero-order valence-corrected chi connectivity index (χ0v) is 17.4. The average molecular weight is 401 g/mol. The van der Waals surface area contributed by atoms with Crippen molar-refractivity contribution in [1.82, 2.24) is 14.9 Å². The fraction of sp³-hybridized carbons (Fsp3) is 0.714. The molecule has 0 bridgehead atoms. The fourth-order valence-electron chi connectivity index (χ4n) is 4.33. The van der Waals surface area contributed by atoms with Crippen LogP contribution >= 0.6 is 0 Å². The van der Waals surface area contributed by atoms with E-state index >= 15 is 0 Å². The Morgan fingerprint density at radius 1 is 1.14 bits per heavy atom. The summed E-state index contributed by atoms with van der Waals surface area (Å²) in [6.07, 6.45) is 9.29. The number of hydrogen-bond donors (Lipinski definition) is 3. The normalized spacial score (nSPS) is 27.4. The molecule has 2 aliphatic carbocycles. The van der Waals surface area contributed by atoms with Gasteiger partial charge in [-0.05, 0) is 44.9 Å². The Bertz CT molecular complexity index is 739. The minimum atomic E-state index is -0.306. The van der Waals surface area contributed by atoms with Crippen LogP contribution in [0.25, 0.3) is 0 Å². The molecule has 0 radical (unpaired) electrons. The molecule has 1 aromatic rings. The zero-order valence-electron chi connectivity index (χ0n) is 17.4. The van der Waals surface area contributed by atoms with Crippen LogP contribution in [0.1, 0.15) is 63.4 Å². The Morgan fingerprint density at radius 3 is 2.55 bits per heavy atom. The lowest BCUT2D eigenvalue weighted by Crippen LogP contribution is -2.35. The number of aliphatic hydroxyl groups is 1. The first-order valence-electron chi connectivity index (χ1n) is 10.7. The Hall–Kier alpha value is -2.40. The van der Waals surface area contributed by atoms with E-state index in [0.717, 1.165) is 51.4 Å². The van der Waals surface area contributed by atoms with Gasteiger partial charge in [0.05, 0.1) is 12.3 Å². The van der Waals surface area contributed by atoms with Crippen LogP contribution in [0.15, 0.2) is 6.20 Å². The van der Waals surface area contributed by atoms with E-state index in [4.69, 9.17) is 0 Å². The first-order chi connectivity index (χ1) is 14.0. The van der Waals surface area contributed by atoms with Crippen LogP contribution in [-0.4, -0.2) is 58.2 Å². The van der Waals surface area contributed by atoms with Crippen molar-refractivity contribution in [2.45, 2.75) is 76.0 Å². The number of nitriles is 1. The summed E-state index contributed by atoms with van der Waals surface area (Å²) in [6.45, 7) is 0. The Balaban J connectivity index is 1.62. The Morgan fingerprint density at radius 2 is 1.86 bits per heavy atom. The van der Waals surface area contributed by atoms with E-state index in [0.29, 0.717) is 23.8 Å². The molecule has 0 aromatic carbocycles. The summed E-state index contributed by atoms with van der Waals surface area (Å²) in [4.78, 5) is 22.7. The molecule has 0 spiro atoms. The van der Waals surface area contributed by atoms with Gasteiger partial charge in [-0.25, -0.2) is 4.98 Å². The first-order valence-corrected chi connectivity index (χ1v) is 10.7. The molecule has 1 amide bonds. The lowest BCUT2D eigenvalue weighted by molar-refractivity contribution is -0.133. The minimum absolute atomic E-state index is 0.101. The Kier molecular flexibility index (Phi) is 7.26. The molecule has 2 aliphatic rings. The van der Waals surface area contributed by atoms with Crippen molar-refractivity contribution < 1.29 is 9.90 Å². The number of carbonyl (C=O) groups is 1. The van der Waals surface area contributed by atoms with E-state index in [1.807, 2.05) is 0 Å². The predicted octanol–water partition coefficient (Wildman–Crippen LogP) is 2.51. The van der Waals surface area contributed by atoms with E-state index in [-0.39, 0.29) is 30.0 Å². The third-order valence-electron chi connectivity index (χ3n) is 6.00. The molecule has 2 fully saturated rings. The number of hydrogen-bond acceptors (Lipinski definition) is 7. The van der Waals surface area contributed by atoms with Gasteiger partial charge in [0, 0.05) is 32.1 Å². The summed E-state index contributed by atoms with van der Waals surface area (Å²) in [6, 6.07) is 2.48. The minimum Gasteiger partial charge on any atom is -0.393 e. The maximum Gasteiger partial charge on any atom is 0.225 e.